The van der Waals surface area contributed by atoms with E-state index < -0.39 is 0 Å². The van der Waals surface area contributed by atoms with Crippen LogP contribution in [0.15, 0.2) is 0 Å². The third kappa shape index (κ3) is 6.20. The van der Waals surface area contributed by atoms with Crippen molar-refractivity contribution in [3.05, 3.63) is 0 Å². The zero-order valence-electron chi connectivity index (χ0n) is 4.91. The predicted molar refractivity (Wildman–Crippen MR) is 41.0 cm³/mol. The maximum Gasteiger partial charge on any atom is 0.0162 e. The molecule has 0 aromatic rings. The molecule has 0 aromatic heterocycles. The quantitative estimate of drug-likeness (QED) is 0.438. The van der Waals surface area contributed by atoms with E-state index in [1.165, 1.54) is 12.8 Å². The average Bonchev–Trinajstić information content (AvgIpc) is 1.81. The van der Waals surface area contributed by atoms with Crippen LogP contribution in [0.5, 0.6) is 0 Å². The molecule has 0 aliphatic carbocycles. The molecule has 0 aliphatic heterocycles. The summed E-state index contributed by atoms with van der Waals surface area (Å²) < 4.78 is 0. The fraction of sp³-hybridized carbons (Fsp3) is 0.667. The average molecular weight is 149 g/mol. The molecule has 46 valence electrons. The molecule has 0 aliphatic rings. The van der Waals surface area contributed by atoms with Gasteiger partial charge in [-0.1, -0.05) is 25.1 Å². The minimum absolute atomic E-state index is 1.11. The van der Waals surface area contributed by atoms with Crippen molar-refractivity contribution >= 4 is 23.4 Å². The van der Waals surface area contributed by atoms with Gasteiger partial charge in [0.05, 0.1) is 0 Å². The first-order valence-corrected chi connectivity index (χ1v) is 4.00. The molecule has 0 bridgehead atoms. The van der Waals surface area contributed by atoms with E-state index in [2.05, 4.69) is 17.6 Å². The van der Waals surface area contributed by atoms with Crippen molar-refractivity contribution < 1.29 is 0 Å². The van der Waals surface area contributed by atoms with E-state index in [9.17, 15) is 0 Å². The van der Waals surface area contributed by atoms with Gasteiger partial charge < -0.3 is 0 Å². The first-order valence-electron chi connectivity index (χ1n) is 2.64. The molecule has 0 saturated heterocycles. The Hall–Kier alpha value is 0.200. The molecule has 0 spiro atoms. The van der Waals surface area contributed by atoms with Crippen LogP contribution in [0.1, 0.15) is 19.8 Å². The van der Waals surface area contributed by atoms with Crippen molar-refractivity contribution in [2.75, 3.05) is 5.75 Å². The van der Waals surface area contributed by atoms with Crippen LogP contribution >= 0.6 is 23.4 Å². The van der Waals surface area contributed by atoms with E-state index in [-0.39, 0.29) is 0 Å². The van der Waals surface area contributed by atoms with E-state index in [4.69, 9.17) is 11.6 Å². The van der Waals surface area contributed by atoms with Crippen LogP contribution in [0.25, 0.3) is 0 Å². The van der Waals surface area contributed by atoms with Gasteiger partial charge in [-0.3, -0.25) is 0 Å². The lowest BCUT2D eigenvalue weighted by atomic mass is 10.4. The van der Waals surface area contributed by atoms with Gasteiger partial charge in [0.2, 0.25) is 0 Å². The van der Waals surface area contributed by atoms with Crippen molar-refractivity contribution in [1.82, 2.24) is 0 Å². The maximum absolute atomic E-state index is 5.10. The lowest BCUT2D eigenvalue weighted by Crippen LogP contribution is -1.71. The molecule has 0 atom stereocenters. The van der Waals surface area contributed by atoms with Gasteiger partial charge in [0.15, 0.2) is 0 Å². The number of unbranched alkanes of at least 4 members (excludes halogenated alkanes) is 1. The third-order valence-electron chi connectivity index (χ3n) is 0.711. The Labute approximate surface area is 60.0 Å². The van der Waals surface area contributed by atoms with Gasteiger partial charge >= 0.3 is 0 Å². The number of hydrogen-bond donors (Lipinski definition) is 0. The molecule has 0 fully saturated rings. The third-order valence-corrected chi connectivity index (χ3v) is 1.66. The lowest BCUT2D eigenvalue weighted by molar-refractivity contribution is 0.898. The summed E-state index contributed by atoms with van der Waals surface area (Å²) in [4.78, 5) is 0. The van der Waals surface area contributed by atoms with Crippen LogP contribution in [0, 0.1) is 10.6 Å². The van der Waals surface area contributed by atoms with Crippen molar-refractivity contribution in [3.8, 4) is 10.6 Å². The van der Waals surface area contributed by atoms with Crippen LogP contribution in [0.3, 0.4) is 0 Å². The molecule has 0 unspecified atom stereocenters. The van der Waals surface area contributed by atoms with Gasteiger partial charge in [0.25, 0.3) is 0 Å². The van der Waals surface area contributed by atoms with E-state index in [1.807, 2.05) is 0 Å². The van der Waals surface area contributed by atoms with Crippen LogP contribution < -0.4 is 0 Å². The Morgan fingerprint density at radius 1 is 1.62 bits per heavy atom. The van der Waals surface area contributed by atoms with E-state index in [0.29, 0.717) is 0 Å². The largest absolute Gasteiger partial charge is 0.0738 e. The normalized spacial score (nSPS) is 7.75. The van der Waals surface area contributed by atoms with Gasteiger partial charge in [-0.05, 0) is 23.3 Å². The molecule has 2 heteroatoms. The molecular formula is C6H9ClS. The topological polar surface area (TPSA) is 0 Å². The maximum atomic E-state index is 5.10. The Kier molecular flexibility index (Phi) is 7.38. The smallest absolute Gasteiger partial charge is 0.0162 e. The number of rotatable bonds is 3. The van der Waals surface area contributed by atoms with Gasteiger partial charge in [-0.2, -0.15) is 0 Å². The molecule has 0 N–H and O–H groups in total. The van der Waals surface area contributed by atoms with Crippen LogP contribution in [0.4, 0.5) is 0 Å². The molecule has 0 nitrogen and oxygen atoms in total. The van der Waals surface area contributed by atoms with Crippen molar-refractivity contribution in [2.24, 2.45) is 0 Å². The van der Waals surface area contributed by atoms with Crippen LogP contribution in [-0.2, 0) is 0 Å². The van der Waals surface area contributed by atoms with Crippen LogP contribution in [0.2, 0.25) is 0 Å². The van der Waals surface area contributed by atoms with E-state index in [0.717, 1.165) is 5.75 Å². The minimum atomic E-state index is 1.11. The Bertz CT molecular complexity index is 90.4. The summed E-state index contributed by atoms with van der Waals surface area (Å²) in [5, 5.41) is 5.03. The molecule has 8 heavy (non-hydrogen) atoms. The van der Waals surface area contributed by atoms with Gasteiger partial charge in [-0.25, -0.2) is 0 Å². The summed E-state index contributed by atoms with van der Waals surface area (Å²) in [5.41, 5.74) is 0. The summed E-state index contributed by atoms with van der Waals surface area (Å²) in [6, 6.07) is 0. The molecule has 0 saturated carbocycles. The first-order chi connectivity index (χ1) is 3.91. The van der Waals surface area contributed by atoms with Crippen molar-refractivity contribution in [2.45, 2.75) is 19.8 Å². The summed E-state index contributed by atoms with van der Waals surface area (Å²) in [6.07, 6.45) is 2.47. The summed E-state index contributed by atoms with van der Waals surface area (Å²) in [7, 11) is 0. The standard InChI is InChI=1S/C6H9ClS/c1-2-3-5-8-6-4-7/h2-3,5H2,1H3. The van der Waals surface area contributed by atoms with Gasteiger partial charge in [-0.15, -0.1) is 0 Å². The number of thioether (sulfide) groups is 1. The SMILES string of the molecule is CCCCSC#CCl. The number of hydrogen-bond acceptors (Lipinski definition) is 1. The Morgan fingerprint density at radius 2 is 2.38 bits per heavy atom. The molecule has 0 radical (unpaired) electrons. The fourth-order valence-electron chi connectivity index (χ4n) is 0.295. The summed E-state index contributed by atoms with van der Waals surface area (Å²) in [6.45, 7) is 2.16. The number of halogens is 1. The van der Waals surface area contributed by atoms with Crippen LogP contribution in [-0.4, -0.2) is 5.75 Å². The molecule has 0 amide bonds. The van der Waals surface area contributed by atoms with Gasteiger partial charge in [0.1, 0.15) is 0 Å². The highest BCUT2D eigenvalue weighted by Crippen LogP contribution is 2.00. The zero-order valence-corrected chi connectivity index (χ0v) is 6.48. The monoisotopic (exact) mass is 148 g/mol. The second-order valence-corrected chi connectivity index (χ2v) is 2.49. The summed E-state index contributed by atoms with van der Waals surface area (Å²) in [5.74, 6) is 1.11. The zero-order chi connectivity index (χ0) is 6.24. The molecular weight excluding hydrogens is 140 g/mol. The van der Waals surface area contributed by atoms with E-state index in [1.54, 1.807) is 11.8 Å². The molecule has 0 rings (SSSR count). The second kappa shape index (κ2) is 7.20. The highest BCUT2D eigenvalue weighted by atomic mass is 35.5. The molecule has 0 heterocycles. The highest BCUT2D eigenvalue weighted by molar-refractivity contribution is 8.03. The Morgan fingerprint density at radius 3 is 2.88 bits per heavy atom. The van der Waals surface area contributed by atoms with Gasteiger partial charge in [0, 0.05) is 11.1 Å². The van der Waals surface area contributed by atoms with E-state index >= 15 is 0 Å². The first kappa shape index (κ1) is 8.20. The van der Waals surface area contributed by atoms with Crippen molar-refractivity contribution in [3.63, 3.8) is 0 Å². The fourth-order valence-corrected chi connectivity index (χ4v) is 1.05. The predicted octanol–water partition coefficient (Wildman–Crippen LogP) is 2.68. The second-order valence-electron chi connectivity index (χ2n) is 1.40. The molecule has 0 aromatic carbocycles. The lowest BCUT2D eigenvalue weighted by Gasteiger charge is -1.85. The Balaban J connectivity index is 2.79. The minimum Gasteiger partial charge on any atom is -0.0738 e. The highest BCUT2D eigenvalue weighted by Gasteiger charge is 1.79. The summed E-state index contributed by atoms with van der Waals surface area (Å²) >= 11 is 6.68. The van der Waals surface area contributed by atoms with Crippen molar-refractivity contribution in [1.29, 1.82) is 0 Å².